The van der Waals surface area contributed by atoms with Crippen LogP contribution in [0.3, 0.4) is 0 Å². The van der Waals surface area contributed by atoms with Crippen LogP contribution in [0.2, 0.25) is 0 Å². The minimum absolute atomic E-state index is 0.0784. The van der Waals surface area contributed by atoms with Gasteiger partial charge in [-0.1, -0.05) is 38.2 Å². The zero-order chi connectivity index (χ0) is 20.3. The highest BCUT2D eigenvalue weighted by molar-refractivity contribution is 5.86. The van der Waals surface area contributed by atoms with Gasteiger partial charge in [0.15, 0.2) is 11.5 Å². The normalized spacial score (nSPS) is 23.7. The van der Waals surface area contributed by atoms with Crippen molar-refractivity contribution in [3.63, 3.8) is 0 Å². The maximum Gasteiger partial charge on any atom is 0.333 e. The van der Waals surface area contributed by atoms with Gasteiger partial charge < -0.3 is 19.1 Å². The number of likely N-dealkylation sites (N-methyl/N-ethyl adjacent to an activating group) is 1. The van der Waals surface area contributed by atoms with E-state index in [1.165, 1.54) is 6.08 Å². The van der Waals surface area contributed by atoms with Crippen molar-refractivity contribution in [1.82, 2.24) is 4.90 Å². The number of methoxy groups -OCH3 is 1. The van der Waals surface area contributed by atoms with Gasteiger partial charge in [-0.3, -0.25) is 4.79 Å². The third kappa shape index (κ3) is 4.38. The third-order valence-corrected chi connectivity index (χ3v) is 4.97. The Morgan fingerprint density at radius 2 is 2.18 bits per heavy atom. The Bertz CT molecular complexity index is 800. The summed E-state index contributed by atoms with van der Waals surface area (Å²) < 4.78 is 16.4. The molecular weight excluding hydrogens is 358 g/mol. The van der Waals surface area contributed by atoms with E-state index in [0.29, 0.717) is 30.8 Å². The molecule has 0 N–H and O–H groups in total. The monoisotopic (exact) mass is 385 g/mol. The van der Waals surface area contributed by atoms with Gasteiger partial charge in [-0.05, 0) is 12.0 Å². The SMILES string of the molecule is COC1=C(OC(=O)CC(C)C)CC(N(C)C2=CC(=O)OC3CC=CC=C23)C=C1. The Hall–Kier alpha value is -2.76. The Balaban J connectivity index is 1.79. The zero-order valence-electron chi connectivity index (χ0n) is 16.8. The average molecular weight is 385 g/mol. The van der Waals surface area contributed by atoms with Gasteiger partial charge in [0.25, 0.3) is 0 Å². The molecule has 150 valence electrons. The lowest BCUT2D eigenvalue weighted by molar-refractivity contribution is -0.142. The lowest BCUT2D eigenvalue weighted by atomic mass is 9.94. The van der Waals surface area contributed by atoms with E-state index in [1.54, 1.807) is 7.11 Å². The Morgan fingerprint density at radius 1 is 1.39 bits per heavy atom. The van der Waals surface area contributed by atoms with Gasteiger partial charge in [0.2, 0.25) is 0 Å². The summed E-state index contributed by atoms with van der Waals surface area (Å²) in [5, 5.41) is 0. The first-order valence-electron chi connectivity index (χ1n) is 9.57. The number of nitrogens with zero attached hydrogens (tertiary/aromatic N) is 1. The number of ether oxygens (including phenoxy) is 3. The van der Waals surface area contributed by atoms with Crippen molar-refractivity contribution < 1.29 is 23.8 Å². The van der Waals surface area contributed by atoms with Crippen molar-refractivity contribution in [2.75, 3.05) is 14.2 Å². The fourth-order valence-corrected chi connectivity index (χ4v) is 3.53. The summed E-state index contributed by atoms with van der Waals surface area (Å²) in [6.07, 6.45) is 12.5. The van der Waals surface area contributed by atoms with Crippen molar-refractivity contribution in [3.05, 3.63) is 59.2 Å². The minimum Gasteiger partial charge on any atom is -0.493 e. The Morgan fingerprint density at radius 3 is 2.89 bits per heavy atom. The van der Waals surface area contributed by atoms with Crippen LogP contribution in [0.4, 0.5) is 0 Å². The molecule has 0 aromatic heterocycles. The summed E-state index contributed by atoms with van der Waals surface area (Å²) in [7, 11) is 3.49. The van der Waals surface area contributed by atoms with Crippen LogP contribution in [-0.4, -0.2) is 43.1 Å². The molecule has 0 spiro atoms. The van der Waals surface area contributed by atoms with Gasteiger partial charge >= 0.3 is 11.9 Å². The minimum atomic E-state index is -0.337. The molecule has 2 atom stereocenters. The number of carbonyl (C=O) groups is 2. The molecule has 0 radical (unpaired) electrons. The summed E-state index contributed by atoms with van der Waals surface area (Å²) in [5.74, 6) is 0.683. The largest absolute Gasteiger partial charge is 0.493 e. The second-order valence-corrected chi connectivity index (χ2v) is 7.55. The smallest absolute Gasteiger partial charge is 0.333 e. The van der Waals surface area contributed by atoms with Crippen LogP contribution < -0.4 is 0 Å². The van der Waals surface area contributed by atoms with Crippen molar-refractivity contribution >= 4 is 11.9 Å². The molecule has 0 saturated heterocycles. The predicted octanol–water partition coefficient (Wildman–Crippen LogP) is 3.39. The summed E-state index contributed by atoms with van der Waals surface area (Å²) in [4.78, 5) is 26.2. The van der Waals surface area contributed by atoms with E-state index in [9.17, 15) is 9.59 Å². The van der Waals surface area contributed by atoms with Crippen LogP contribution in [0.5, 0.6) is 0 Å². The topological polar surface area (TPSA) is 65.1 Å². The second kappa shape index (κ2) is 8.50. The highest BCUT2D eigenvalue weighted by Gasteiger charge is 2.32. The van der Waals surface area contributed by atoms with Crippen molar-refractivity contribution in [2.24, 2.45) is 5.92 Å². The van der Waals surface area contributed by atoms with Crippen LogP contribution >= 0.6 is 0 Å². The Kier molecular flexibility index (Phi) is 6.07. The number of rotatable bonds is 6. The van der Waals surface area contributed by atoms with E-state index in [-0.39, 0.29) is 30.0 Å². The molecule has 0 fully saturated rings. The van der Waals surface area contributed by atoms with E-state index in [4.69, 9.17) is 14.2 Å². The molecule has 3 aliphatic rings. The van der Waals surface area contributed by atoms with Gasteiger partial charge in [-0.25, -0.2) is 4.79 Å². The molecule has 0 aromatic rings. The number of allylic oxidation sites excluding steroid dienone is 3. The maximum atomic E-state index is 12.2. The van der Waals surface area contributed by atoms with Crippen LogP contribution in [0.15, 0.2) is 59.2 Å². The number of hydrogen-bond acceptors (Lipinski definition) is 6. The second-order valence-electron chi connectivity index (χ2n) is 7.55. The Labute approximate surface area is 165 Å². The number of carbonyl (C=O) groups excluding carboxylic acids is 2. The lowest BCUT2D eigenvalue weighted by Gasteiger charge is -2.37. The first-order chi connectivity index (χ1) is 13.4. The van der Waals surface area contributed by atoms with Crippen LogP contribution in [0, 0.1) is 5.92 Å². The van der Waals surface area contributed by atoms with Gasteiger partial charge in [0.1, 0.15) is 6.10 Å². The van der Waals surface area contributed by atoms with E-state index in [0.717, 1.165) is 11.3 Å². The van der Waals surface area contributed by atoms with E-state index in [1.807, 2.05) is 56.2 Å². The summed E-state index contributed by atoms with van der Waals surface area (Å²) in [6.45, 7) is 3.95. The van der Waals surface area contributed by atoms with Crippen molar-refractivity contribution in [1.29, 1.82) is 0 Å². The van der Waals surface area contributed by atoms with Crippen LogP contribution in [0.1, 0.15) is 33.1 Å². The highest BCUT2D eigenvalue weighted by atomic mass is 16.6. The zero-order valence-corrected chi connectivity index (χ0v) is 16.8. The summed E-state index contributed by atoms with van der Waals surface area (Å²) in [5.41, 5.74) is 1.81. The molecule has 0 saturated carbocycles. The molecule has 1 heterocycles. The summed E-state index contributed by atoms with van der Waals surface area (Å²) in [6, 6.07) is -0.0784. The molecule has 6 nitrogen and oxygen atoms in total. The number of esters is 2. The fourth-order valence-electron chi connectivity index (χ4n) is 3.53. The van der Waals surface area contributed by atoms with Gasteiger partial charge in [0.05, 0.1) is 18.8 Å². The third-order valence-electron chi connectivity index (χ3n) is 4.97. The van der Waals surface area contributed by atoms with Crippen LogP contribution in [-0.2, 0) is 23.8 Å². The molecule has 6 heteroatoms. The number of fused-ring (bicyclic) bond motifs is 1. The maximum absolute atomic E-state index is 12.2. The highest BCUT2D eigenvalue weighted by Crippen LogP contribution is 2.33. The van der Waals surface area contributed by atoms with Crippen molar-refractivity contribution in [2.45, 2.75) is 45.3 Å². The summed E-state index contributed by atoms with van der Waals surface area (Å²) >= 11 is 0. The molecule has 3 rings (SSSR count). The average Bonchev–Trinajstić information content (AvgIpc) is 2.66. The molecule has 1 aliphatic heterocycles. The van der Waals surface area contributed by atoms with Crippen molar-refractivity contribution in [3.8, 4) is 0 Å². The van der Waals surface area contributed by atoms with Gasteiger partial charge in [-0.2, -0.15) is 0 Å². The lowest BCUT2D eigenvalue weighted by Crippen LogP contribution is -2.38. The fraction of sp³-hybridized carbons (Fsp3) is 0.455. The molecule has 2 unspecified atom stereocenters. The van der Waals surface area contributed by atoms with Gasteiger partial charge in [-0.15, -0.1) is 0 Å². The quantitative estimate of drug-likeness (QED) is 0.653. The molecule has 0 bridgehead atoms. The molecular formula is C22H27NO5. The molecule has 0 amide bonds. The molecule has 28 heavy (non-hydrogen) atoms. The molecule has 2 aliphatic carbocycles. The standard InChI is InChI=1S/C22H27NO5/c1-14(2)11-21(24)28-20-12-15(9-10-19(20)26-4)23(3)17-13-22(25)27-18-8-6-5-7-16(17)18/h5-7,9-10,13-15,18H,8,11-12H2,1-4H3. The van der Waals surface area contributed by atoms with E-state index < -0.39 is 0 Å². The predicted molar refractivity (Wildman–Crippen MR) is 105 cm³/mol. The molecule has 0 aromatic carbocycles. The van der Waals surface area contributed by atoms with Crippen LogP contribution in [0.25, 0.3) is 0 Å². The number of hydrogen-bond donors (Lipinski definition) is 0. The van der Waals surface area contributed by atoms with E-state index in [2.05, 4.69) is 0 Å². The first kappa shape index (κ1) is 20.0. The van der Waals surface area contributed by atoms with Gasteiger partial charge in [0, 0.05) is 38.0 Å². The first-order valence-corrected chi connectivity index (χ1v) is 9.57. The van der Waals surface area contributed by atoms with E-state index >= 15 is 0 Å².